The Labute approximate surface area is 146 Å². The Hall–Kier alpha value is -2.22. The lowest BCUT2D eigenvalue weighted by molar-refractivity contribution is 0.0905. The summed E-state index contributed by atoms with van der Waals surface area (Å²) in [5.74, 6) is 0.207. The first-order chi connectivity index (χ1) is 12.0. The first kappa shape index (κ1) is 16.3. The van der Waals surface area contributed by atoms with Crippen LogP contribution in [0.25, 0.3) is 0 Å². The summed E-state index contributed by atoms with van der Waals surface area (Å²) in [7, 11) is 1.80. The van der Waals surface area contributed by atoms with Crippen molar-refractivity contribution >= 4 is 5.91 Å². The van der Waals surface area contributed by atoms with Crippen molar-refractivity contribution in [2.75, 3.05) is 0 Å². The minimum atomic E-state index is -0.382. The highest BCUT2D eigenvalue weighted by molar-refractivity contribution is 5.92. The predicted octanol–water partition coefficient (Wildman–Crippen LogP) is 1.47. The van der Waals surface area contributed by atoms with Gasteiger partial charge in [0.05, 0.1) is 12.2 Å². The van der Waals surface area contributed by atoms with Gasteiger partial charge in [-0.15, -0.1) is 5.10 Å². The fraction of sp³-hybridized carbons (Fsp3) is 0.647. The number of amides is 1. The molecule has 25 heavy (non-hydrogen) atoms. The Balaban J connectivity index is 1.57. The third-order valence-corrected chi connectivity index (χ3v) is 5.40. The molecule has 0 spiro atoms. The van der Waals surface area contributed by atoms with E-state index in [0.29, 0.717) is 11.6 Å². The van der Waals surface area contributed by atoms with E-state index in [1.807, 2.05) is 6.20 Å². The molecule has 2 aromatic rings. The smallest absolute Gasteiger partial charge is 0.272 e. The van der Waals surface area contributed by atoms with E-state index in [1.54, 1.807) is 28.7 Å². The van der Waals surface area contributed by atoms with Gasteiger partial charge < -0.3 is 11.1 Å². The van der Waals surface area contributed by atoms with E-state index in [-0.39, 0.29) is 17.6 Å². The molecule has 2 saturated carbocycles. The minimum Gasteiger partial charge on any atom is -0.342 e. The minimum absolute atomic E-state index is 0.147. The third kappa shape index (κ3) is 3.30. The molecular weight excluding hydrogens is 318 g/mol. The number of hydrogen-bond donors (Lipinski definition) is 2. The molecule has 8 heteroatoms. The van der Waals surface area contributed by atoms with Gasteiger partial charge in [0.15, 0.2) is 0 Å². The van der Waals surface area contributed by atoms with Crippen molar-refractivity contribution in [2.24, 2.45) is 18.7 Å². The molecule has 2 aliphatic carbocycles. The van der Waals surface area contributed by atoms with Crippen molar-refractivity contribution in [1.82, 2.24) is 30.1 Å². The summed E-state index contributed by atoms with van der Waals surface area (Å²) < 4.78 is 3.39. The van der Waals surface area contributed by atoms with Crippen molar-refractivity contribution in [2.45, 2.75) is 56.7 Å². The molecule has 4 rings (SSSR count). The molecule has 2 heterocycles. The van der Waals surface area contributed by atoms with Gasteiger partial charge in [-0.1, -0.05) is 24.5 Å². The van der Waals surface area contributed by atoms with Crippen LogP contribution in [0, 0.1) is 5.92 Å². The molecule has 2 fully saturated rings. The lowest BCUT2D eigenvalue weighted by Gasteiger charge is -2.29. The van der Waals surface area contributed by atoms with E-state index in [2.05, 4.69) is 20.7 Å². The van der Waals surface area contributed by atoms with Gasteiger partial charge >= 0.3 is 0 Å². The second-order valence-corrected chi connectivity index (χ2v) is 7.42. The molecule has 0 aliphatic heterocycles. The number of nitrogens with one attached hydrogen (secondary N) is 1. The summed E-state index contributed by atoms with van der Waals surface area (Å²) in [4.78, 5) is 12.6. The third-order valence-electron chi connectivity index (χ3n) is 5.40. The molecule has 1 amide bonds. The van der Waals surface area contributed by atoms with Gasteiger partial charge in [0, 0.05) is 13.2 Å². The molecule has 0 radical (unpaired) electrons. The second kappa shape index (κ2) is 6.25. The zero-order valence-electron chi connectivity index (χ0n) is 14.6. The van der Waals surface area contributed by atoms with Crippen LogP contribution in [0.3, 0.4) is 0 Å². The Bertz CT molecular complexity index is 755. The largest absolute Gasteiger partial charge is 0.342 e. The highest BCUT2D eigenvalue weighted by Gasteiger charge is 2.42. The summed E-state index contributed by atoms with van der Waals surface area (Å²) >= 11 is 0. The van der Waals surface area contributed by atoms with Crippen LogP contribution >= 0.6 is 0 Å². The molecular formula is C17H25N7O. The maximum Gasteiger partial charge on any atom is 0.272 e. The molecule has 0 unspecified atom stereocenters. The van der Waals surface area contributed by atoms with Crippen molar-refractivity contribution < 1.29 is 4.79 Å². The lowest BCUT2D eigenvalue weighted by atomic mass is 9.82. The van der Waals surface area contributed by atoms with Crippen LogP contribution < -0.4 is 11.1 Å². The van der Waals surface area contributed by atoms with Crippen LogP contribution in [0.15, 0.2) is 18.5 Å². The zero-order chi connectivity index (χ0) is 17.4. The van der Waals surface area contributed by atoms with Crippen LogP contribution in [0.2, 0.25) is 0 Å². The summed E-state index contributed by atoms with van der Waals surface area (Å²) in [6.45, 7) is 0. The number of nitrogens with two attached hydrogens (primary N) is 1. The quantitative estimate of drug-likeness (QED) is 0.855. The maximum absolute atomic E-state index is 12.6. The summed E-state index contributed by atoms with van der Waals surface area (Å²) in [5, 5.41) is 15.9. The summed E-state index contributed by atoms with van der Waals surface area (Å²) in [6.07, 6.45) is 11.3. The molecule has 134 valence electrons. The van der Waals surface area contributed by atoms with Crippen LogP contribution in [-0.4, -0.2) is 30.7 Å². The van der Waals surface area contributed by atoms with Gasteiger partial charge in [-0.2, -0.15) is 5.10 Å². The molecule has 1 atom stereocenters. The fourth-order valence-corrected chi connectivity index (χ4v) is 3.65. The van der Waals surface area contributed by atoms with Crippen LogP contribution in [0.4, 0.5) is 0 Å². The van der Waals surface area contributed by atoms with Gasteiger partial charge in [-0.05, 0) is 37.7 Å². The molecule has 2 aromatic heterocycles. The first-order valence-corrected chi connectivity index (χ1v) is 9.07. The number of aryl methyl sites for hydroxylation is 1. The normalized spacial score (nSPS) is 21.0. The van der Waals surface area contributed by atoms with E-state index in [9.17, 15) is 4.79 Å². The van der Waals surface area contributed by atoms with Gasteiger partial charge in [0.2, 0.25) is 0 Å². The van der Waals surface area contributed by atoms with Crippen molar-refractivity contribution in [3.63, 3.8) is 0 Å². The van der Waals surface area contributed by atoms with Gasteiger partial charge in [0.25, 0.3) is 5.91 Å². The lowest BCUT2D eigenvalue weighted by Crippen LogP contribution is -2.35. The average Bonchev–Trinajstić information content (AvgIpc) is 3.04. The SMILES string of the molecule is Cn1ccc(C(=O)N[C@H](c2cn(C3(N)CC3)nn2)C2CCCCC2)n1. The van der Waals surface area contributed by atoms with Crippen LogP contribution in [-0.2, 0) is 12.7 Å². The number of rotatable bonds is 5. The molecule has 0 aromatic carbocycles. The van der Waals surface area contributed by atoms with Gasteiger partial charge in [-0.3, -0.25) is 9.48 Å². The van der Waals surface area contributed by atoms with Crippen molar-refractivity contribution in [1.29, 1.82) is 0 Å². The molecule has 0 bridgehead atoms. The first-order valence-electron chi connectivity index (χ1n) is 9.07. The van der Waals surface area contributed by atoms with Crippen molar-refractivity contribution in [3.8, 4) is 0 Å². The Morgan fingerprint density at radius 1 is 1.36 bits per heavy atom. The van der Waals surface area contributed by atoms with E-state index in [1.165, 1.54) is 19.3 Å². The van der Waals surface area contributed by atoms with E-state index in [4.69, 9.17) is 5.73 Å². The Morgan fingerprint density at radius 3 is 2.76 bits per heavy atom. The zero-order valence-corrected chi connectivity index (χ0v) is 14.6. The predicted molar refractivity (Wildman–Crippen MR) is 91.4 cm³/mol. The topological polar surface area (TPSA) is 104 Å². The Kier molecular flexibility index (Phi) is 4.07. The number of aromatic nitrogens is 5. The van der Waals surface area contributed by atoms with E-state index in [0.717, 1.165) is 31.4 Å². The maximum atomic E-state index is 12.6. The van der Waals surface area contributed by atoms with Crippen LogP contribution in [0.5, 0.6) is 0 Å². The molecule has 3 N–H and O–H groups in total. The number of carbonyl (C=O) groups is 1. The van der Waals surface area contributed by atoms with Gasteiger partial charge in [0.1, 0.15) is 17.1 Å². The molecule has 8 nitrogen and oxygen atoms in total. The van der Waals surface area contributed by atoms with Gasteiger partial charge in [-0.25, -0.2) is 4.68 Å². The number of carbonyl (C=O) groups excluding carboxylic acids is 1. The number of nitrogens with zero attached hydrogens (tertiary/aromatic N) is 5. The van der Waals surface area contributed by atoms with E-state index < -0.39 is 0 Å². The summed E-state index contributed by atoms with van der Waals surface area (Å²) in [5.41, 5.74) is 7.06. The fourth-order valence-electron chi connectivity index (χ4n) is 3.65. The van der Waals surface area contributed by atoms with Crippen LogP contribution in [0.1, 0.15) is 67.2 Å². The molecule has 0 saturated heterocycles. The highest BCUT2D eigenvalue weighted by atomic mass is 16.2. The highest BCUT2D eigenvalue weighted by Crippen LogP contribution is 2.38. The average molecular weight is 343 g/mol. The van der Waals surface area contributed by atoms with Crippen molar-refractivity contribution in [3.05, 3.63) is 29.8 Å². The standard InChI is InChI=1S/C17H25N7O/c1-23-10-7-13(21-23)16(25)19-15(12-5-3-2-4-6-12)14-11-24(22-20-14)17(18)8-9-17/h7,10-12,15H,2-6,8-9,18H2,1H3,(H,19,25)/t15-/m0/s1. The Morgan fingerprint density at radius 2 is 2.12 bits per heavy atom. The second-order valence-electron chi connectivity index (χ2n) is 7.42. The number of hydrogen-bond acceptors (Lipinski definition) is 5. The monoisotopic (exact) mass is 343 g/mol. The van der Waals surface area contributed by atoms with E-state index >= 15 is 0 Å². The summed E-state index contributed by atoms with van der Waals surface area (Å²) in [6, 6.07) is 1.58. The molecule has 2 aliphatic rings.